The molecule has 0 aromatic heterocycles. The second kappa shape index (κ2) is 7.87. The molecule has 1 aromatic carbocycles. The molecule has 1 aliphatic heterocycles. The lowest BCUT2D eigenvalue weighted by Gasteiger charge is -2.20. The number of urea groups is 1. The summed E-state index contributed by atoms with van der Waals surface area (Å²) in [4.78, 5) is 50.0. The number of anilines is 1. The maximum Gasteiger partial charge on any atom is 0.327 e. The smallest absolute Gasteiger partial charge is 0.327 e. The molecular weight excluding hydrogens is 366 g/mol. The standard InChI is InChI=1S/C19H23N3O6/c1-12(16(24)20-13-7-3-4-8-14(13)27-2)28-15(23)11-22-17(25)19(21-18(22)26)9-5-6-10-19/h3-4,7-8,12H,5-6,9-11H2,1-2H3,(H,20,24)(H,21,26)/t12-/m0/s1. The number of ether oxygens (including phenoxy) is 2. The van der Waals surface area contributed by atoms with Crippen LogP contribution in [-0.2, 0) is 19.1 Å². The van der Waals surface area contributed by atoms with E-state index in [1.165, 1.54) is 14.0 Å². The monoisotopic (exact) mass is 389 g/mol. The van der Waals surface area contributed by atoms with Crippen molar-refractivity contribution >= 4 is 29.5 Å². The SMILES string of the molecule is COc1ccccc1NC(=O)[C@H](C)OC(=O)CN1C(=O)NC2(CCCC2)C1=O. The Bertz CT molecular complexity index is 803. The molecule has 0 radical (unpaired) electrons. The highest BCUT2D eigenvalue weighted by atomic mass is 16.5. The van der Waals surface area contributed by atoms with Gasteiger partial charge in [-0.15, -0.1) is 0 Å². The van der Waals surface area contributed by atoms with E-state index in [0.717, 1.165) is 17.7 Å². The summed E-state index contributed by atoms with van der Waals surface area (Å²) in [7, 11) is 1.48. The van der Waals surface area contributed by atoms with E-state index in [1.807, 2.05) is 0 Å². The van der Waals surface area contributed by atoms with Crippen molar-refractivity contribution in [2.75, 3.05) is 19.0 Å². The van der Waals surface area contributed by atoms with Crippen LogP contribution in [0.1, 0.15) is 32.6 Å². The molecule has 1 atom stereocenters. The molecule has 2 N–H and O–H groups in total. The zero-order valence-corrected chi connectivity index (χ0v) is 15.8. The first kappa shape index (κ1) is 19.7. The fourth-order valence-electron chi connectivity index (χ4n) is 3.54. The van der Waals surface area contributed by atoms with E-state index in [9.17, 15) is 19.2 Å². The predicted molar refractivity (Wildman–Crippen MR) is 98.6 cm³/mol. The summed E-state index contributed by atoms with van der Waals surface area (Å²) >= 11 is 0. The predicted octanol–water partition coefficient (Wildman–Crippen LogP) is 1.43. The van der Waals surface area contributed by atoms with Gasteiger partial charge in [-0.05, 0) is 31.9 Å². The number of esters is 1. The Morgan fingerprint density at radius 1 is 1.25 bits per heavy atom. The number of hydrogen-bond acceptors (Lipinski definition) is 6. The topological polar surface area (TPSA) is 114 Å². The lowest BCUT2D eigenvalue weighted by atomic mass is 9.98. The molecule has 28 heavy (non-hydrogen) atoms. The summed E-state index contributed by atoms with van der Waals surface area (Å²) in [5.41, 5.74) is -0.445. The molecule has 9 nitrogen and oxygen atoms in total. The number of amides is 4. The first-order valence-corrected chi connectivity index (χ1v) is 9.14. The number of methoxy groups -OCH3 is 1. The van der Waals surface area contributed by atoms with Gasteiger partial charge < -0.3 is 20.1 Å². The van der Waals surface area contributed by atoms with Crippen molar-refractivity contribution in [3.05, 3.63) is 24.3 Å². The largest absolute Gasteiger partial charge is 0.495 e. The van der Waals surface area contributed by atoms with Gasteiger partial charge in [-0.3, -0.25) is 19.3 Å². The number of rotatable bonds is 6. The van der Waals surface area contributed by atoms with Crippen LogP contribution in [0, 0.1) is 0 Å². The van der Waals surface area contributed by atoms with E-state index in [2.05, 4.69) is 10.6 Å². The van der Waals surface area contributed by atoms with Gasteiger partial charge in [0.25, 0.3) is 11.8 Å². The fraction of sp³-hybridized carbons (Fsp3) is 0.474. The Hall–Kier alpha value is -3.10. The molecule has 0 bridgehead atoms. The third-order valence-electron chi connectivity index (χ3n) is 5.03. The first-order chi connectivity index (χ1) is 13.4. The summed E-state index contributed by atoms with van der Waals surface area (Å²) in [5, 5.41) is 5.31. The number of para-hydroxylation sites is 2. The van der Waals surface area contributed by atoms with Crippen molar-refractivity contribution in [1.29, 1.82) is 0 Å². The van der Waals surface area contributed by atoms with Crippen LogP contribution in [0.15, 0.2) is 24.3 Å². The molecular formula is C19H23N3O6. The van der Waals surface area contributed by atoms with Crippen LogP contribution in [0.3, 0.4) is 0 Å². The van der Waals surface area contributed by atoms with Gasteiger partial charge in [0.2, 0.25) is 0 Å². The maximum absolute atomic E-state index is 12.5. The molecule has 150 valence electrons. The van der Waals surface area contributed by atoms with Gasteiger partial charge in [0.15, 0.2) is 6.10 Å². The lowest BCUT2D eigenvalue weighted by molar-refractivity contribution is -0.155. The summed E-state index contributed by atoms with van der Waals surface area (Å²) in [6.07, 6.45) is 1.73. The van der Waals surface area contributed by atoms with Gasteiger partial charge in [-0.2, -0.15) is 0 Å². The van der Waals surface area contributed by atoms with Crippen LogP contribution in [-0.4, -0.2) is 54.0 Å². The average Bonchev–Trinajstić information content (AvgIpc) is 3.23. The zero-order valence-electron chi connectivity index (χ0n) is 15.8. The van der Waals surface area contributed by atoms with E-state index in [0.29, 0.717) is 24.3 Å². The highest BCUT2D eigenvalue weighted by molar-refractivity contribution is 6.09. The van der Waals surface area contributed by atoms with Crippen LogP contribution in [0.4, 0.5) is 10.5 Å². The minimum absolute atomic E-state index is 0.405. The minimum Gasteiger partial charge on any atom is -0.495 e. The Balaban J connectivity index is 1.56. The van der Waals surface area contributed by atoms with Crippen molar-refractivity contribution in [1.82, 2.24) is 10.2 Å². The third-order valence-corrected chi connectivity index (χ3v) is 5.03. The summed E-state index contributed by atoms with van der Waals surface area (Å²) in [6, 6.07) is 6.22. The van der Waals surface area contributed by atoms with E-state index in [4.69, 9.17) is 9.47 Å². The van der Waals surface area contributed by atoms with Gasteiger partial charge in [0.05, 0.1) is 12.8 Å². The number of carbonyl (C=O) groups is 4. The highest BCUT2D eigenvalue weighted by Gasteiger charge is 2.52. The van der Waals surface area contributed by atoms with Gasteiger partial charge in [0.1, 0.15) is 17.8 Å². The minimum atomic E-state index is -1.11. The van der Waals surface area contributed by atoms with Gasteiger partial charge in [-0.25, -0.2) is 4.79 Å². The molecule has 1 saturated carbocycles. The molecule has 3 rings (SSSR count). The Labute approximate surface area is 162 Å². The van der Waals surface area contributed by atoms with Crippen LogP contribution >= 0.6 is 0 Å². The van der Waals surface area contributed by atoms with Crippen LogP contribution in [0.5, 0.6) is 5.75 Å². The number of nitrogens with zero attached hydrogens (tertiary/aromatic N) is 1. The van der Waals surface area contributed by atoms with Crippen LogP contribution in [0.25, 0.3) is 0 Å². The fourth-order valence-corrected chi connectivity index (χ4v) is 3.54. The average molecular weight is 389 g/mol. The van der Waals surface area contributed by atoms with E-state index < -0.39 is 42.0 Å². The number of benzene rings is 1. The Kier molecular flexibility index (Phi) is 5.53. The lowest BCUT2D eigenvalue weighted by Crippen LogP contribution is -2.44. The molecule has 2 fully saturated rings. The van der Waals surface area contributed by atoms with E-state index in [-0.39, 0.29) is 0 Å². The van der Waals surface area contributed by atoms with E-state index >= 15 is 0 Å². The van der Waals surface area contributed by atoms with Crippen molar-refractivity contribution in [2.24, 2.45) is 0 Å². The molecule has 0 unspecified atom stereocenters. The first-order valence-electron chi connectivity index (χ1n) is 9.14. The molecule has 1 saturated heterocycles. The van der Waals surface area contributed by atoms with Crippen molar-refractivity contribution in [3.8, 4) is 5.75 Å². The number of hydrogen-bond donors (Lipinski definition) is 2. The summed E-state index contributed by atoms with van der Waals surface area (Å²) in [6.45, 7) is 0.881. The molecule has 4 amide bonds. The second-order valence-corrected chi connectivity index (χ2v) is 6.93. The zero-order chi connectivity index (χ0) is 20.3. The molecule has 1 spiro atoms. The third kappa shape index (κ3) is 3.78. The second-order valence-electron chi connectivity index (χ2n) is 6.93. The van der Waals surface area contributed by atoms with Crippen LogP contribution < -0.4 is 15.4 Å². The Morgan fingerprint density at radius 3 is 2.61 bits per heavy atom. The van der Waals surface area contributed by atoms with Gasteiger partial charge >= 0.3 is 12.0 Å². The number of nitrogens with one attached hydrogen (secondary N) is 2. The van der Waals surface area contributed by atoms with Gasteiger partial charge in [-0.1, -0.05) is 25.0 Å². The van der Waals surface area contributed by atoms with Crippen molar-refractivity contribution in [2.45, 2.75) is 44.2 Å². The number of imide groups is 1. The maximum atomic E-state index is 12.5. The summed E-state index contributed by atoms with van der Waals surface area (Å²) < 4.78 is 10.3. The molecule has 1 aliphatic carbocycles. The normalized spacial score (nSPS) is 18.7. The quantitative estimate of drug-likeness (QED) is 0.562. The molecule has 1 heterocycles. The number of carbonyl (C=O) groups excluding carboxylic acids is 4. The molecule has 2 aliphatic rings. The summed E-state index contributed by atoms with van der Waals surface area (Å²) in [5.74, 6) is -1.32. The molecule has 1 aromatic rings. The van der Waals surface area contributed by atoms with Crippen molar-refractivity contribution in [3.63, 3.8) is 0 Å². The Morgan fingerprint density at radius 2 is 1.93 bits per heavy atom. The highest BCUT2D eigenvalue weighted by Crippen LogP contribution is 2.35. The van der Waals surface area contributed by atoms with Crippen molar-refractivity contribution < 1.29 is 28.7 Å². The van der Waals surface area contributed by atoms with Gasteiger partial charge in [0, 0.05) is 0 Å². The van der Waals surface area contributed by atoms with Crippen LogP contribution in [0.2, 0.25) is 0 Å². The van der Waals surface area contributed by atoms with E-state index in [1.54, 1.807) is 24.3 Å². The molecule has 9 heteroatoms.